The first-order valence-electron chi connectivity index (χ1n) is 10.3. The maximum Gasteiger partial charge on any atom is 0.234 e. The van der Waals surface area contributed by atoms with Crippen LogP contribution in [0.25, 0.3) is 5.69 Å². The van der Waals surface area contributed by atoms with E-state index in [1.165, 1.54) is 11.8 Å². The lowest BCUT2D eigenvalue weighted by Crippen LogP contribution is -2.15. The van der Waals surface area contributed by atoms with Crippen LogP contribution in [0.2, 0.25) is 5.02 Å². The van der Waals surface area contributed by atoms with Crippen molar-refractivity contribution in [1.29, 1.82) is 0 Å². The van der Waals surface area contributed by atoms with E-state index in [2.05, 4.69) is 27.6 Å². The number of aromatic nitrogens is 3. The molecule has 1 heterocycles. The summed E-state index contributed by atoms with van der Waals surface area (Å²) in [5, 5.41) is 13.0. The van der Waals surface area contributed by atoms with Crippen molar-refractivity contribution < 1.29 is 9.53 Å². The van der Waals surface area contributed by atoms with Crippen LogP contribution in [0.3, 0.4) is 0 Å². The summed E-state index contributed by atoms with van der Waals surface area (Å²) in [5.74, 6) is 1.42. The van der Waals surface area contributed by atoms with Crippen LogP contribution in [-0.2, 0) is 11.2 Å². The zero-order chi connectivity index (χ0) is 23.2. The molecule has 0 aliphatic carbocycles. The molecule has 1 aromatic heterocycles. The zero-order valence-electron chi connectivity index (χ0n) is 18.3. The van der Waals surface area contributed by atoms with Gasteiger partial charge in [0.2, 0.25) is 5.91 Å². The maximum absolute atomic E-state index is 12.7. The van der Waals surface area contributed by atoms with Crippen LogP contribution in [0.4, 0.5) is 5.69 Å². The number of rotatable bonds is 8. The minimum atomic E-state index is -0.154. The number of amides is 1. The molecule has 0 unspecified atom stereocenters. The Morgan fingerprint density at radius 3 is 2.55 bits per heavy atom. The average Bonchev–Trinajstić information content (AvgIpc) is 3.21. The maximum atomic E-state index is 12.7. The Labute approximate surface area is 202 Å². The van der Waals surface area contributed by atoms with Crippen molar-refractivity contribution in [3.8, 4) is 11.4 Å². The molecule has 1 N–H and O–H groups in total. The molecule has 168 valence electrons. The van der Waals surface area contributed by atoms with Crippen molar-refractivity contribution in [2.75, 3.05) is 18.2 Å². The van der Waals surface area contributed by atoms with E-state index in [1.807, 2.05) is 72.2 Å². The number of methoxy groups -OCH3 is 1. The first-order valence-corrected chi connectivity index (χ1v) is 11.7. The van der Waals surface area contributed by atoms with Crippen molar-refractivity contribution >= 4 is 35.0 Å². The molecule has 0 spiro atoms. The van der Waals surface area contributed by atoms with E-state index in [0.717, 1.165) is 22.6 Å². The largest absolute Gasteiger partial charge is 0.495 e. The first kappa shape index (κ1) is 22.9. The molecule has 6 nitrogen and oxygen atoms in total. The first-order chi connectivity index (χ1) is 16.0. The van der Waals surface area contributed by atoms with Gasteiger partial charge < -0.3 is 10.1 Å². The van der Waals surface area contributed by atoms with Gasteiger partial charge in [-0.1, -0.05) is 59.8 Å². The fourth-order valence-corrected chi connectivity index (χ4v) is 4.27. The summed E-state index contributed by atoms with van der Waals surface area (Å²) < 4.78 is 7.32. The Bertz CT molecular complexity index is 1240. The number of ether oxygens (including phenoxy) is 1. The second-order valence-electron chi connectivity index (χ2n) is 7.41. The highest BCUT2D eigenvalue weighted by molar-refractivity contribution is 7.99. The molecule has 0 fully saturated rings. The Balaban J connectivity index is 1.55. The highest BCUT2D eigenvalue weighted by Crippen LogP contribution is 2.27. The van der Waals surface area contributed by atoms with Crippen molar-refractivity contribution in [3.63, 3.8) is 0 Å². The van der Waals surface area contributed by atoms with E-state index < -0.39 is 0 Å². The summed E-state index contributed by atoms with van der Waals surface area (Å²) in [7, 11) is 1.58. The Morgan fingerprint density at radius 1 is 1.06 bits per heavy atom. The molecular formula is C25H23ClN4O2S. The number of carbonyl (C=O) groups is 1. The van der Waals surface area contributed by atoms with Gasteiger partial charge in [-0.25, -0.2) is 0 Å². The van der Waals surface area contributed by atoms with E-state index in [0.29, 0.717) is 28.0 Å². The number of nitrogens with zero attached hydrogens (tertiary/aromatic N) is 3. The third kappa shape index (κ3) is 5.74. The Hall–Kier alpha value is -3.29. The van der Waals surface area contributed by atoms with E-state index >= 15 is 0 Å². The topological polar surface area (TPSA) is 69.0 Å². The molecular weight excluding hydrogens is 456 g/mol. The van der Waals surface area contributed by atoms with Crippen LogP contribution in [0.1, 0.15) is 17.0 Å². The van der Waals surface area contributed by atoms with Gasteiger partial charge in [0, 0.05) is 17.1 Å². The molecule has 0 radical (unpaired) electrons. The van der Waals surface area contributed by atoms with Crippen molar-refractivity contribution in [1.82, 2.24) is 14.8 Å². The molecule has 33 heavy (non-hydrogen) atoms. The highest BCUT2D eigenvalue weighted by Gasteiger charge is 2.17. The minimum absolute atomic E-state index is 0.154. The predicted octanol–water partition coefficient (Wildman–Crippen LogP) is 5.56. The van der Waals surface area contributed by atoms with Crippen LogP contribution < -0.4 is 10.1 Å². The number of thioether (sulfide) groups is 1. The van der Waals surface area contributed by atoms with Crippen LogP contribution in [-0.4, -0.2) is 33.5 Å². The number of carbonyl (C=O) groups excluding carboxylic acids is 1. The van der Waals surface area contributed by atoms with E-state index in [9.17, 15) is 4.79 Å². The fraction of sp³-hybridized carbons (Fsp3) is 0.160. The smallest absolute Gasteiger partial charge is 0.234 e. The SMILES string of the molecule is COc1ccc(C)cc1NC(=O)CSc1nnc(Cc2ccccc2)n1-c1ccc(Cl)cc1. The molecule has 0 atom stereocenters. The molecule has 4 rings (SSSR count). The van der Waals surface area contributed by atoms with Crippen LogP contribution >= 0.6 is 23.4 Å². The average molecular weight is 479 g/mol. The molecule has 0 saturated carbocycles. The van der Waals surface area contributed by atoms with Crippen molar-refractivity contribution in [2.45, 2.75) is 18.5 Å². The van der Waals surface area contributed by atoms with E-state index in [4.69, 9.17) is 16.3 Å². The number of hydrogen-bond acceptors (Lipinski definition) is 5. The summed E-state index contributed by atoms with van der Waals surface area (Å²) in [6.07, 6.45) is 0.615. The van der Waals surface area contributed by atoms with Gasteiger partial charge in [0.1, 0.15) is 11.6 Å². The number of nitrogens with one attached hydrogen (secondary N) is 1. The fourth-order valence-electron chi connectivity index (χ4n) is 3.37. The predicted molar refractivity (Wildman–Crippen MR) is 133 cm³/mol. The number of hydrogen-bond donors (Lipinski definition) is 1. The lowest BCUT2D eigenvalue weighted by atomic mass is 10.1. The third-order valence-electron chi connectivity index (χ3n) is 4.95. The zero-order valence-corrected chi connectivity index (χ0v) is 19.9. The molecule has 1 amide bonds. The molecule has 0 aliphatic rings. The normalized spacial score (nSPS) is 10.8. The van der Waals surface area contributed by atoms with Gasteiger partial charge in [0.25, 0.3) is 0 Å². The quantitative estimate of drug-likeness (QED) is 0.336. The van der Waals surface area contributed by atoms with Crippen LogP contribution in [0.5, 0.6) is 5.75 Å². The molecule has 0 bridgehead atoms. The molecule has 8 heteroatoms. The third-order valence-corrected chi connectivity index (χ3v) is 6.13. The standard InChI is InChI=1S/C25H23ClN4O2S/c1-17-8-13-22(32-2)21(14-17)27-24(31)16-33-25-29-28-23(15-18-6-4-3-5-7-18)30(25)20-11-9-19(26)10-12-20/h3-14H,15-16H2,1-2H3,(H,27,31). The van der Waals surface area contributed by atoms with Crippen LogP contribution in [0.15, 0.2) is 78.0 Å². The Morgan fingerprint density at radius 2 is 1.82 bits per heavy atom. The molecule has 4 aromatic rings. The lowest BCUT2D eigenvalue weighted by Gasteiger charge is -2.12. The second kappa shape index (κ2) is 10.6. The molecule has 3 aromatic carbocycles. The van der Waals surface area contributed by atoms with Crippen molar-refractivity contribution in [3.05, 3.63) is 94.8 Å². The van der Waals surface area contributed by atoms with Crippen molar-refractivity contribution in [2.24, 2.45) is 0 Å². The summed E-state index contributed by atoms with van der Waals surface area (Å²) >= 11 is 7.42. The molecule has 0 saturated heterocycles. The van der Waals surface area contributed by atoms with E-state index in [1.54, 1.807) is 7.11 Å². The van der Waals surface area contributed by atoms with Gasteiger partial charge >= 0.3 is 0 Å². The monoisotopic (exact) mass is 478 g/mol. The Kier molecular flexibility index (Phi) is 7.32. The number of benzene rings is 3. The number of anilines is 1. The van der Waals surface area contributed by atoms with Gasteiger partial charge in [0.15, 0.2) is 5.16 Å². The molecule has 0 aliphatic heterocycles. The number of aryl methyl sites for hydroxylation is 1. The van der Waals surface area contributed by atoms with Crippen LogP contribution in [0, 0.1) is 6.92 Å². The van der Waals surface area contributed by atoms with Gasteiger partial charge in [-0.2, -0.15) is 0 Å². The minimum Gasteiger partial charge on any atom is -0.495 e. The summed E-state index contributed by atoms with van der Waals surface area (Å²) in [4.78, 5) is 12.7. The summed E-state index contributed by atoms with van der Waals surface area (Å²) in [5.41, 5.74) is 3.69. The summed E-state index contributed by atoms with van der Waals surface area (Å²) in [6.45, 7) is 1.96. The van der Waals surface area contributed by atoms with Gasteiger partial charge in [-0.15, -0.1) is 10.2 Å². The van der Waals surface area contributed by atoms with Gasteiger partial charge in [0.05, 0.1) is 18.6 Å². The number of halogens is 1. The highest BCUT2D eigenvalue weighted by atomic mass is 35.5. The lowest BCUT2D eigenvalue weighted by molar-refractivity contribution is -0.113. The van der Waals surface area contributed by atoms with Gasteiger partial charge in [-0.3, -0.25) is 9.36 Å². The van der Waals surface area contributed by atoms with E-state index in [-0.39, 0.29) is 11.7 Å². The summed E-state index contributed by atoms with van der Waals surface area (Å²) in [6, 6.07) is 23.2. The van der Waals surface area contributed by atoms with Gasteiger partial charge in [-0.05, 0) is 54.4 Å². The second-order valence-corrected chi connectivity index (χ2v) is 8.79.